The SMILES string of the molecule is CCN1CCCC1CNC(=NC)NCC(c1cccc(Cl)c1)N1CCOCC1. The highest BCUT2D eigenvalue weighted by atomic mass is 35.5. The molecule has 0 bridgehead atoms. The van der Waals surface area contributed by atoms with E-state index in [1.807, 2.05) is 19.2 Å². The van der Waals surface area contributed by atoms with Gasteiger partial charge in [-0.2, -0.15) is 0 Å². The van der Waals surface area contributed by atoms with Crippen LogP contribution in [0.5, 0.6) is 0 Å². The first-order valence-electron chi connectivity index (χ1n) is 10.5. The lowest BCUT2D eigenvalue weighted by atomic mass is 10.0. The Labute approximate surface area is 174 Å². The van der Waals surface area contributed by atoms with Crippen molar-refractivity contribution >= 4 is 17.6 Å². The Bertz CT molecular complexity index is 635. The number of ether oxygens (including phenoxy) is 1. The summed E-state index contributed by atoms with van der Waals surface area (Å²) in [5, 5.41) is 7.84. The molecule has 7 heteroatoms. The summed E-state index contributed by atoms with van der Waals surface area (Å²) < 4.78 is 5.54. The van der Waals surface area contributed by atoms with Gasteiger partial charge in [-0.15, -0.1) is 0 Å². The van der Waals surface area contributed by atoms with Crippen molar-refractivity contribution < 1.29 is 4.74 Å². The van der Waals surface area contributed by atoms with Crippen LogP contribution in [0.4, 0.5) is 0 Å². The molecule has 28 heavy (non-hydrogen) atoms. The number of aliphatic imine (C=N–C) groups is 1. The smallest absolute Gasteiger partial charge is 0.191 e. The maximum Gasteiger partial charge on any atom is 0.191 e. The molecule has 1 aromatic rings. The Morgan fingerprint density at radius 2 is 2.11 bits per heavy atom. The molecule has 156 valence electrons. The second kappa shape index (κ2) is 11.0. The van der Waals surface area contributed by atoms with Gasteiger partial charge in [-0.25, -0.2) is 0 Å². The minimum absolute atomic E-state index is 0.236. The largest absolute Gasteiger partial charge is 0.379 e. The van der Waals surface area contributed by atoms with Gasteiger partial charge in [0, 0.05) is 44.3 Å². The van der Waals surface area contributed by atoms with Crippen LogP contribution in [-0.4, -0.2) is 81.3 Å². The molecule has 0 aromatic heterocycles. The second-order valence-corrected chi connectivity index (χ2v) is 7.91. The molecule has 2 saturated heterocycles. The highest BCUT2D eigenvalue weighted by Gasteiger charge is 2.25. The molecular weight excluding hydrogens is 374 g/mol. The third-order valence-corrected chi connectivity index (χ3v) is 6.05. The molecule has 2 N–H and O–H groups in total. The van der Waals surface area contributed by atoms with Gasteiger partial charge in [0.25, 0.3) is 0 Å². The van der Waals surface area contributed by atoms with Crippen LogP contribution in [-0.2, 0) is 4.74 Å². The zero-order valence-corrected chi connectivity index (χ0v) is 17.9. The normalized spacial score (nSPS) is 23.0. The molecule has 0 saturated carbocycles. The number of morpholine rings is 1. The first-order chi connectivity index (χ1) is 13.7. The van der Waals surface area contributed by atoms with E-state index in [4.69, 9.17) is 16.3 Å². The van der Waals surface area contributed by atoms with Crippen LogP contribution >= 0.6 is 11.6 Å². The second-order valence-electron chi connectivity index (χ2n) is 7.48. The molecule has 2 atom stereocenters. The molecule has 2 heterocycles. The summed E-state index contributed by atoms with van der Waals surface area (Å²) >= 11 is 6.26. The summed E-state index contributed by atoms with van der Waals surface area (Å²) in [5.74, 6) is 0.864. The van der Waals surface area contributed by atoms with E-state index in [-0.39, 0.29) is 6.04 Å². The molecule has 0 spiro atoms. The zero-order chi connectivity index (χ0) is 19.8. The maximum absolute atomic E-state index is 6.26. The number of nitrogens with zero attached hydrogens (tertiary/aromatic N) is 3. The predicted octanol–water partition coefficient (Wildman–Crippen LogP) is 2.36. The lowest BCUT2D eigenvalue weighted by molar-refractivity contribution is 0.0170. The van der Waals surface area contributed by atoms with E-state index >= 15 is 0 Å². The summed E-state index contributed by atoms with van der Waals surface area (Å²) in [6.45, 7) is 9.70. The Kier molecular flexibility index (Phi) is 8.40. The van der Waals surface area contributed by atoms with Crippen LogP contribution in [0.15, 0.2) is 29.3 Å². The van der Waals surface area contributed by atoms with Gasteiger partial charge in [-0.05, 0) is 43.6 Å². The van der Waals surface area contributed by atoms with Gasteiger partial charge >= 0.3 is 0 Å². The van der Waals surface area contributed by atoms with Gasteiger partial charge in [0.05, 0.1) is 19.3 Å². The number of hydrogen-bond donors (Lipinski definition) is 2. The standard InChI is InChI=1S/C21H34ClN5O/c1-3-26-9-5-8-19(26)15-24-21(23-2)25-16-20(27-10-12-28-13-11-27)17-6-4-7-18(22)14-17/h4,6-7,14,19-20H,3,5,8-13,15-16H2,1-2H3,(H2,23,24,25). The van der Waals surface area contributed by atoms with Crippen molar-refractivity contribution in [2.75, 3.05) is 59.5 Å². The van der Waals surface area contributed by atoms with E-state index in [9.17, 15) is 0 Å². The van der Waals surface area contributed by atoms with Crippen molar-refractivity contribution in [2.45, 2.75) is 31.8 Å². The monoisotopic (exact) mass is 407 g/mol. The van der Waals surface area contributed by atoms with E-state index in [1.54, 1.807) is 0 Å². The number of nitrogens with one attached hydrogen (secondary N) is 2. The Hall–Kier alpha value is -1.34. The number of halogens is 1. The van der Waals surface area contributed by atoms with E-state index in [1.165, 1.54) is 24.9 Å². The van der Waals surface area contributed by atoms with Crippen molar-refractivity contribution in [1.29, 1.82) is 0 Å². The van der Waals surface area contributed by atoms with Crippen LogP contribution in [0.2, 0.25) is 5.02 Å². The summed E-state index contributed by atoms with van der Waals surface area (Å²) in [6, 6.07) is 9.01. The topological polar surface area (TPSA) is 52.1 Å². The van der Waals surface area contributed by atoms with Crippen LogP contribution in [0, 0.1) is 0 Å². The van der Waals surface area contributed by atoms with Gasteiger partial charge in [0.15, 0.2) is 5.96 Å². The molecule has 6 nitrogen and oxygen atoms in total. The minimum atomic E-state index is 0.236. The Morgan fingerprint density at radius 1 is 1.29 bits per heavy atom. The fourth-order valence-electron chi connectivity index (χ4n) is 4.23. The zero-order valence-electron chi connectivity index (χ0n) is 17.2. The number of likely N-dealkylation sites (N-methyl/N-ethyl adjacent to an activating group) is 1. The molecule has 2 unspecified atom stereocenters. The Balaban J connectivity index is 1.59. The average Bonchev–Trinajstić information content (AvgIpc) is 3.19. The first-order valence-corrected chi connectivity index (χ1v) is 10.8. The first kappa shape index (κ1) is 21.4. The van der Waals surface area contributed by atoms with Crippen LogP contribution < -0.4 is 10.6 Å². The van der Waals surface area contributed by atoms with Gasteiger partial charge in [-0.1, -0.05) is 30.7 Å². The quantitative estimate of drug-likeness (QED) is 0.536. The third-order valence-electron chi connectivity index (χ3n) is 5.82. The van der Waals surface area contributed by atoms with Gasteiger partial charge < -0.3 is 15.4 Å². The van der Waals surface area contributed by atoms with Gasteiger partial charge in [0.1, 0.15) is 0 Å². The minimum Gasteiger partial charge on any atom is -0.379 e. The van der Waals surface area contributed by atoms with Crippen molar-refractivity contribution in [3.8, 4) is 0 Å². The number of benzene rings is 1. The van der Waals surface area contributed by atoms with Crippen molar-refractivity contribution in [3.63, 3.8) is 0 Å². The van der Waals surface area contributed by atoms with Crippen LogP contribution in [0.25, 0.3) is 0 Å². The van der Waals surface area contributed by atoms with Gasteiger partial charge in [0.2, 0.25) is 0 Å². The van der Waals surface area contributed by atoms with Crippen LogP contribution in [0.1, 0.15) is 31.4 Å². The molecular formula is C21H34ClN5O. The molecule has 0 aliphatic carbocycles. The lowest BCUT2D eigenvalue weighted by Crippen LogP contribution is -2.48. The highest BCUT2D eigenvalue weighted by Crippen LogP contribution is 2.24. The number of rotatable bonds is 7. The number of guanidine groups is 1. The van der Waals surface area contributed by atoms with Crippen molar-refractivity contribution in [1.82, 2.24) is 20.4 Å². The predicted molar refractivity (Wildman–Crippen MR) is 116 cm³/mol. The summed E-state index contributed by atoms with van der Waals surface area (Å²) in [7, 11) is 1.84. The number of likely N-dealkylation sites (tertiary alicyclic amines) is 1. The fourth-order valence-corrected chi connectivity index (χ4v) is 4.43. The van der Waals surface area contributed by atoms with Gasteiger partial charge in [-0.3, -0.25) is 14.8 Å². The number of hydrogen-bond acceptors (Lipinski definition) is 4. The van der Waals surface area contributed by atoms with Crippen LogP contribution in [0.3, 0.4) is 0 Å². The third kappa shape index (κ3) is 5.83. The summed E-state index contributed by atoms with van der Waals surface area (Å²) in [5.41, 5.74) is 1.23. The fraction of sp³-hybridized carbons (Fsp3) is 0.667. The lowest BCUT2D eigenvalue weighted by Gasteiger charge is -2.35. The summed E-state index contributed by atoms with van der Waals surface area (Å²) in [6.07, 6.45) is 2.55. The van der Waals surface area contributed by atoms with E-state index in [0.717, 1.165) is 56.9 Å². The summed E-state index contributed by atoms with van der Waals surface area (Å²) in [4.78, 5) is 9.44. The average molecular weight is 408 g/mol. The maximum atomic E-state index is 6.26. The molecule has 0 amide bonds. The van der Waals surface area contributed by atoms with Crippen molar-refractivity contribution in [2.24, 2.45) is 4.99 Å². The molecule has 1 aromatic carbocycles. The van der Waals surface area contributed by atoms with E-state index in [0.29, 0.717) is 6.04 Å². The molecule has 3 rings (SSSR count). The molecule has 2 aliphatic heterocycles. The Morgan fingerprint density at radius 3 is 2.82 bits per heavy atom. The molecule has 2 aliphatic rings. The van der Waals surface area contributed by atoms with Crippen molar-refractivity contribution in [3.05, 3.63) is 34.9 Å². The van der Waals surface area contributed by atoms with E-state index < -0.39 is 0 Å². The highest BCUT2D eigenvalue weighted by molar-refractivity contribution is 6.30. The van der Waals surface area contributed by atoms with E-state index in [2.05, 4.69) is 44.5 Å². The molecule has 0 radical (unpaired) electrons. The molecule has 2 fully saturated rings.